The van der Waals surface area contributed by atoms with Crippen molar-refractivity contribution in [2.75, 3.05) is 0 Å². The molecule has 0 saturated carbocycles. The second kappa shape index (κ2) is 8.62. The third-order valence-corrected chi connectivity index (χ3v) is 4.84. The van der Waals surface area contributed by atoms with Crippen LogP contribution in [0.25, 0.3) is 22.3 Å². The molecule has 0 fully saturated rings. The topological polar surface area (TPSA) is 59.4 Å². The molecule has 0 saturated heterocycles. The van der Waals surface area contributed by atoms with Crippen LogP contribution >= 0.6 is 0 Å². The van der Waals surface area contributed by atoms with Gasteiger partial charge in [0.05, 0.1) is 5.69 Å². The Hall–Kier alpha value is -3.92. The van der Waals surface area contributed by atoms with Gasteiger partial charge in [-0.05, 0) is 46.5 Å². The van der Waals surface area contributed by atoms with Crippen molar-refractivity contribution < 1.29 is 14.6 Å². The van der Waals surface area contributed by atoms with E-state index in [9.17, 15) is 9.90 Å². The van der Waals surface area contributed by atoms with Crippen LogP contribution in [-0.4, -0.2) is 16.1 Å². The summed E-state index contributed by atoms with van der Waals surface area (Å²) in [7, 11) is 0. The number of carbonyl (C=O) groups is 1. The van der Waals surface area contributed by atoms with Crippen LogP contribution in [0, 0.1) is 0 Å². The van der Waals surface area contributed by atoms with Crippen molar-refractivity contribution in [3.63, 3.8) is 0 Å². The van der Waals surface area contributed by atoms with Crippen molar-refractivity contribution in [3.8, 4) is 33.8 Å². The minimum atomic E-state index is -0.354. The molecule has 1 N–H and O–H groups in total. The van der Waals surface area contributed by atoms with Gasteiger partial charge >= 0.3 is 5.97 Å². The summed E-state index contributed by atoms with van der Waals surface area (Å²) in [5.41, 5.74) is 5.45. The van der Waals surface area contributed by atoms with Crippen LogP contribution in [0.4, 0.5) is 0 Å². The standard InChI is InChI=1S/C26H21NO3/c1-18(28)30-23-12-10-19(11-13-23)16-25-26(29)24(14-15-27-25)22-9-5-8-21(17-22)20-6-3-2-4-7-20/h2-15,17,29H,16H2,1H3. The van der Waals surface area contributed by atoms with Gasteiger partial charge in [0, 0.05) is 25.1 Å². The lowest BCUT2D eigenvalue weighted by Crippen LogP contribution is -2.01. The number of benzene rings is 3. The van der Waals surface area contributed by atoms with Crippen LogP contribution in [0.5, 0.6) is 11.5 Å². The van der Waals surface area contributed by atoms with Gasteiger partial charge in [-0.3, -0.25) is 9.78 Å². The summed E-state index contributed by atoms with van der Waals surface area (Å²) in [5.74, 6) is 0.314. The molecule has 1 aromatic heterocycles. The molecule has 4 nitrogen and oxygen atoms in total. The number of esters is 1. The molecule has 0 unspecified atom stereocenters. The maximum absolute atomic E-state index is 11.1. The summed E-state index contributed by atoms with van der Waals surface area (Å²) in [6.07, 6.45) is 2.19. The Morgan fingerprint density at radius 2 is 1.57 bits per heavy atom. The molecule has 0 atom stereocenters. The van der Waals surface area contributed by atoms with E-state index in [-0.39, 0.29) is 11.7 Å². The maximum atomic E-state index is 11.1. The largest absolute Gasteiger partial charge is 0.505 e. The predicted molar refractivity (Wildman–Crippen MR) is 117 cm³/mol. The number of aromatic hydroxyl groups is 1. The van der Waals surface area contributed by atoms with Crippen molar-refractivity contribution in [1.82, 2.24) is 4.98 Å². The van der Waals surface area contributed by atoms with Gasteiger partial charge in [-0.2, -0.15) is 0 Å². The maximum Gasteiger partial charge on any atom is 0.308 e. The second-order valence-corrected chi connectivity index (χ2v) is 7.02. The Bertz CT molecular complexity index is 1170. The van der Waals surface area contributed by atoms with E-state index in [2.05, 4.69) is 29.2 Å². The fourth-order valence-corrected chi connectivity index (χ4v) is 3.39. The average Bonchev–Trinajstić information content (AvgIpc) is 2.77. The highest BCUT2D eigenvalue weighted by Gasteiger charge is 2.12. The zero-order chi connectivity index (χ0) is 20.9. The third kappa shape index (κ3) is 4.39. The first-order valence-electron chi connectivity index (χ1n) is 9.70. The van der Waals surface area contributed by atoms with Gasteiger partial charge in [0.15, 0.2) is 0 Å². The molecule has 4 rings (SSSR count). The highest BCUT2D eigenvalue weighted by molar-refractivity contribution is 5.76. The van der Waals surface area contributed by atoms with Crippen molar-refractivity contribution in [2.24, 2.45) is 0 Å². The number of rotatable bonds is 5. The molecular weight excluding hydrogens is 374 g/mol. The van der Waals surface area contributed by atoms with E-state index >= 15 is 0 Å². The first-order valence-corrected chi connectivity index (χ1v) is 9.70. The van der Waals surface area contributed by atoms with Crippen molar-refractivity contribution >= 4 is 5.97 Å². The van der Waals surface area contributed by atoms with Crippen LogP contribution in [0.1, 0.15) is 18.2 Å². The predicted octanol–water partition coefficient (Wildman–Crippen LogP) is 5.64. The summed E-state index contributed by atoms with van der Waals surface area (Å²) in [5, 5.41) is 10.9. The Labute approximate surface area is 175 Å². The zero-order valence-electron chi connectivity index (χ0n) is 16.6. The number of carbonyl (C=O) groups excluding carboxylic acids is 1. The summed E-state index contributed by atoms with van der Waals surface area (Å²) in [6, 6.07) is 27.3. The van der Waals surface area contributed by atoms with E-state index in [1.54, 1.807) is 18.3 Å². The van der Waals surface area contributed by atoms with Crippen molar-refractivity contribution in [3.05, 3.63) is 102 Å². The van der Waals surface area contributed by atoms with E-state index in [1.807, 2.05) is 48.5 Å². The summed E-state index contributed by atoms with van der Waals surface area (Å²) >= 11 is 0. The molecule has 0 radical (unpaired) electrons. The van der Waals surface area contributed by atoms with Gasteiger partial charge in [0.25, 0.3) is 0 Å². The summed E-state index contributed by atoms with van der Waals surface area (Å²) in [4.78, 5) is 15.4. The summed E-state index contributed by atoms with van der Waals surface area (Å²) in [6.45, 7) is 1.37. The number of pyridine rings is 1. The van der Waals surface area contributed by atoms with Crippen LogP contribution in [0.2, 0.25) is 0 Å². The molecule has 0 amide bonds. The van der Waals surface area contributed by atoms with E-state index < -0.39 is 0 Å². The Morgan fingerprint density at radius 1 is 0.867 bits per heavy atom. The molecule has 148 valence electrons. The van der Waals surface area contributed by atoms with Crippen LogP contribution in [-0.2, 0) is 11.2 Å². The van der Waals surface area contributed by atoms with Gasteiger partial charge < -0.3 is 9.84 Å². The number of hydrogen-bond acceptors (Lipinski definition) is 4. The normalized spacial score (nSPS) is 10.6. The quantitative estimate of drug-likeness (QED) is 0.351. The lowest BCUT2D eigenvalue weighted by Gasteiger charge is -2.11. The number of aromatic nitrogens is 1. The van der Waals surface area contributed by atoms with Gasteiger partial charge in [0.1, 0.15) is 11.5 Å². The SMILES string of the molecule is CC(=O)Oc1ccc(Cc2nccc(-c3cccc(-c4ccccc4)c3)c2O)cc1. The molecule has 4 heteroatoms. The molecule has 30 heavy (non-hydrogen) atoms. The molecule has 0 aliphatic rings. The number of ether oxygens (including phenoxy) is 1. The fourth-order valence-electron chi connectivity index (χ4n) is 3.39. The highest BCUT2D eigenvalue weighted by Crippen LogP contribution is 2.34. The minimum absolute atomic E-state index is 0.173. The van der Waals surface area contributed by atoms with E-state index in [4.69, 9.17) is 4.74 Å². The first kappa shape index (κ1) is 19.4. The van der Waals surface area contributed by atoms with Crippen molar-refractivity contribution in [2.45, 2.75) is 13.3 Å². The van der Waals surface area contributed by atoms with Crippen molar-refractivity contribution in [1.29, 1.82) is 0 Å². The lowest BCUT2D eigenvalue weighted by atomic mass is 9.97. The third-order valence-electron chi connectivity index (χ3n) is 4.84. The van der Waals surface area contributed by atoms with Gasteiger partial charge in [-0.15, -0.1) is 0 Å². The monoisotopic (exact) mass is 395 g/mol. The minimum Gasteiger partial charge on any atom is -0.505 e. The van der Waals surface area contributed by atoms with Gasteiger partial charge in [0.2, 0.25) is 0 Å². The van der Waals surface area contributed by atoms with E-state index in [1.165, 1.54) is 6.92 Å². The molecule has 4 aromatic rings. The molecule has 0 spiro atoms. The van der Waals surface area contributed by atoms with Crippen LogP contribution in [0.3, 0.4) is 0 Å². The van der Waals surface area contributed by atoms with E-state index in [0.29, 0.717) is 17.9 Å². The van der Waals surface area contributed by atoms with Gasteiger partial charge in [-0.1, -0.05) is 60.7 Å². The average molecular weight is 395 g/mol. The molecule has 3 aromatic carbocycles. The molecule has 1 heterocycles. The molecule has 0 aliphatic heterocycles. The lowest BCUT2D eigenvalue weighted by molar-refractivity contribution is -0.131. The van der Waals surface area contributed by atoms with Crippen LogP contribution < -0.4 is 4.74 Å². The molecule has 0 bridgehead atoms. The Morgan fingerprint density at radius 3 is 2.30 bits per heavy atom. The highest BCUT2D eigenvalue weighted by atomic mass is 16.5. The number of hydrogen-bond donors (Lipinski definition) is 1. The van der Waals surface area contributed by atoms with Crippen LogP contribution in [0.15, 0.2) is 91.1 Å². The smallest absolute Gasteiger partial charge is 0.308 e. The van der Waals surface area contributed by atoms with E-state index in [0.717, 1.165) is 27.8 Å². The summed E-state index contributed by atoms with van der Waals surface area (Å²) < 4.78 is 5.06. The Kier molecular flexibility index (Phi) is 5.57. The van der Waals surface area contributed by atoms with Gasteiger partial charge in [-0.25, -0.2) is 0 Å². The fraction of sp³-hybridized carbons (Fsp3) is 0.0769. The molecule has 0 aliphatic carbocycles. The number of nitrogens with zero attached hydrogens (tertiary/aromatic N) is 1. The Balaban J connectivity index is 1.61. The molecular formula is C26H21NO3. The first-order chi connectivity index (χ1) is 14.6. The zero-order valence-corrected chi connectivity index (χ0v) is 16.6. The second-order valence-electron chi connectivity index (χ2n) is 7.02.